The number of halogens is 1. The van der Waals surface area contributed by atoms with Gasteiger partial charge in [0, 0.05) is 0 Å². The van der Waals surface area contributed by atoms with E-state index >= 15 is 0 Å². The van der Waals surface area contributed by atoms with Gasteiger partial charge in [-0.25, -0.2) is 0 Å². The lowest BCUT2D eigenvalue weighted by Gasteiger charge is -2.19. The summed E-state index contributed by atoms with van der Waals surface area (Å²) in [6.45, 7) is 6.86. The highest BCUT2D eigenvalue weighted by atomic mass is 35.5. The SMILES string of the molecule is CC(C)(C)COc1ccc(C#N)cc1Cl. The molecule has 3 heteroatoms. The van der Waals surface area contributed by atoms with Crippen molar-refractivity contribution in [2.75, 3.05) is 6.61 Å². The molecular formula is C12H14ClNO. The van der Waals surface area contributed by atoms with Crippen molar-refractivity contribution in [3.8, 4) is 11.8 Å². The van der Waals surface area contributed by atoms with Crippen LogP contribution in [0.25, 0.3) is 0 Å². The maximum absolute atomic E-state index is 8.66. The van der Waals surface area contributed by atoms with E-state index < -0.39 is 0 Å². The van der Waals surface area contributed by atoms with Gasteiger partial charge in [0.2, 0.25) is 0 Å². The van der Waals surface area contributed by atoms with E-state index in [9.17, 15) is 0 Å². The molecule has 0 aliphatic rings. The van der Waals surface area contributed by atoms with Crippen molar-refractivity contribution in [1.82, 2.24) is 0 Å². The van der Waals surface area contributed by atoms with E-state index in [4.69, 9.17) is 21.6 Å². The van der Waals surface area contributed by atoms with Crippen LogP contribution >= 0.6 is 11.6 Å². The minimum absolute atomic E-state index is 0.0945. The third kappa shape index (κ3) is 3.81. The van der Waals surface area contributed by atoms with Gasteiger partial charge in [-0.3, -0.25) is 0 Å². The van der Waals surface area contributed by atoms with Gasteiger partial charge in [-0.05, 0) is 23.6 Å². The average molecular weight is 224 g/mol. The zero-order valence-corrected chi connectivity index (χ0v) is 9.93. The Kier molecular flexibility index (Phi) is 3.60. The molecule has 1 aromatic rings. The lowest BCUT2D eigenvalue weighted by molar-refractivity contribution is 0.198. The first kappa shape index (κ1) is 11.9. The lowest BCUT2D eigenvalue weighted by atomic mass is 9.99. The summed E-state index contributed by atoms with van der Waals surface area (Å²) in [5.41, 5.74) is 0.639. The summed E-state index contributed by atoms with van der Waals surface area (Å²) in [5.74, 6) is 0.630. The summed E-state index contributed by atoms with van der Waals surface area (Å²) in [7, 11) is 0. The zero-order chi connectivity index (χ0) is 11.5. The summed E-state index contributed by atoms with van der Waals surface area (Å²) in [5, 5.41) is 9.15. The third-order valence-electron chi connectivity index (χ3n) is 1.72. The topological polar surface area (TPSA) is 33.0 Å². The van der Waals surface area contributed by atoms with Crippen molar-refractivity contribution in [2.45, 2.75) is 20.8 Å². The van der Waals surface area contributed by atoms with Gasteiger partial charge in [0.25, 0.3) is 0 Å². The summed E-state index contributed by atoms with van der Waals surface area (Å²) in [6.07, 6.45) is 0. The van der Waals surface area contributed by atoms with Gasteiger partial charge < -0.3 is 4.74 Å². The average Bonchev–Trinajstić information content (AvgIpc) is 2.14. The number of rotatable bonds is 2. The quantitative estimate of drug-likeness (QED) is 0.767. The molecule has 0 radical (unpaired) electrons. The van der Waals surface area contributed by atoms with E-state index in [0.29, 0.717) is 22.9 Å². The number of nitrogens with zero attached hydrogens (tertiary/aromatic N) is 1. The normalized spacial score (nSPS) is 10.9. The van der Waals surface area contributed by atoms with Crippen molar-refractivity contribution in [1.29, 1.82) is 5.26 Å². The van der Waals surface area contributed by atoms with Crippen LogP contribution in [0.1, 0.15) is 26.3 Å². The van der Waals surface area contributed by atoms with Crippen molar-refractivity contribution in [3.05, 3.63) is 28.8 Å². The molecule has 0 bridgehead atoms. The van der Waals surface area contributed by atoms with E-state index in [1.54, 1.807) is 18.2 Å². The molecule has 0 fully saturated rings. The number of benzene rings is 1. The second-order valence-corrected chi connectivity index (χ2v) is 5.01. The van der Waals surface area contributed by atoms with Crippen LogP contribution in [0, 0.1) is 16.7 Å². The Morgan fingerprint density at radius 2 is 2.07 bits per heavy atom. The summed E-state index contributed by atoms with van der Waals surface area (Å²) in [4.78, 5) is 0. The highest BCUT2D eigenvalue weighted by Crippen LogP contribution is 2.27. The molecule has 0 saturated carbocycles. The Bertz CT molecular complexity index is 388. The largest absolute Gasteiger partial charge is 0.491 e. The smallest absolute Gasteiger partial charge is 0.137 e. The van der Waals surface area contributed by atoms with Crippen LogP contribution in [-0.2, 0) is 0 Å². The number of hydrogen-bond donors (Lipinski definition) is 0. The Morgan fingerprint density at radius 3 is 2.53 bits per heavy atom. The highest BCUT2D eigenvalue weighted by Gasteiger charge is 2.12. The summed E-state index contributed by atoms with van der Waals surface area (Å²) in [6, 6.07) is 7.07. The molecule has 0 atom stereocenters. The minimum atomic E-state index is 0.0945. The Morgan fingerprint density at radius 1 is 1.40 bits per heavy atom. The fourth-order valence-electron chi connectivity index (χ4n) is 0.982. The number of nitriles is 1. The van der Waals surface area contributed by atoms with Gasteiger partial charge >= 0.3 is 0 Å². The van der Waals surface area contributed by atoms with Crippen molar-refractivity contribution < 1.29 is 4.74 Å². The molecule has 0 spiro atoms. The first-order valence-electron chi connectivity index (χ1n) is 4.75. The molecule has 0 N–H and O–H groups in total. The first-order valence-corrected chi connectivity index (χ1v) is 5.12. The fraction of sp³-hybridized carbons (Fsp3) is 0.417. The second kappa shape index (κ2) is 4.55. The molecule has 0 aliphatic carbocycles. The molecule has 15 heavy (non-hydrogen) atoms. The molecule has 0 aliphatic heterocycles. The molecular weight excluding hydrogens is 210 g/mol. The van der Waals surface area contributed by atoms with Gasteiger partial charge in [0.05, 0.1) is 23.3 Å². The third-order valence-corrected chi connectivity index (χ3v) is 2.02. The van der Waals surface area contributed by atoms with Crippen LogP contribution in [0.5, 0.6) is 5.75 Å². The molecule has 2 nitrogen and oxygen atoms in total. The minimum Gasteiger partial charge on any atom is -0.491 e. The van der Waals surface area contributed by atoms with Gasteiger partial charge in [0.1, 0.15) is 5.75 Å². The summed E-state index contributed by atoms with van der Waals surface area (Å²) >= 11 is 5.96. The Labute approximate surface area is 95.4 Å². The van der Waals surface area contributed by atoms with Crippen LogP contribution in [0.3, 0.4) is 0 Å². The van der Waals surface area contributed by atoms with Gasteiger partial charge in [0.15, 0.2) is 0 Å². The predicted molar refractivity (Wildman–Crippen MR) is 61.1 cm³/mol. The molecule has 1 aromatic carbocycles. The van der Waals surface area contributed by atoms with E-state index in [1.165, 1.54) is 0 Å². The number of hydrogen-bond acceptors (Lipinski definition) is 2. The fourth-order valence-corrected chi connectivity index (χ4v) is 1.22. The monoisotopic (exact) mass is 223 g/mol. The zero-order valence-electron chi connectivity index (χ0n) is 9.17. The molecule has 0 heterocycles. The summed E-state index contributed by atoms with van der Waals surface area (Å²) < 4.78 is 5.56. The standard InChI is InChI=1S/C12H14ClNO/c1-12(2,3)8-15-11-5-4-9(7-14)6-10(11)13/h4-6H,8H2,1-3H3. The van der Waals surface area contributed by atoms with Crippen LogP contribution in [0.2, 0.25) is 5.02 Å². The van der Waals surface area contributed by atoms with E-state index in [1.807, 2.05) is 6.07 Å². The molecule has 0 aromatic heterocycles. The Hall–Kier alpha value is -1.20. The van der Waals surface area contributed by atoms with Crippen LogP contribution in [0.15, 0.2) is 18.2 Å². The molecule has 0 unspecified atom stereocenters. The highest BCUT2D eigenvalue weighted by molar-refractivity contribution is 6.32. The van der Waals surface area contributed by atoms with Crippen molar-refractivity contribution in [2.24, 2.45) is 5.41 Å². The molecule has 1 rings (SSSR count). The van der Waals surface area contributed by atoms with Crippen LogP contribution in [-0.4, -0.2) is 6.61 Å². The predicted octanol–water partition coefficient (Wildman–Crippen LogP) is 3.64. The van der Waals surface area contributed by atoms with Crippen molar-refractivity contribution >= 4 is 11.6 Å². The van der Waals surface area contributed by atoms with E-state index in [2.05, 4.69) is 20.8 Å². The van der Waals surface area contributed by atoms with Gasteiger partial charge in [-0.15, -0.1) is 0 Å². The van der Waals surface area contributed by atoms with Gasteiger partial charge in [-0.1, -0.05) is 32.4 Å². The first-order chi connectivity index (χ1) is 6.92. The molecule has 0 amide bonds. The van der Waals surface area contributed by atoms with E-state index in [0.717, 1.165) is 0 Å². The van der Waals surface area contributed by atoms with Crippen molar-refractivity contribution in [3.63, 3.8) is 0 Å². The Balaban J connectivity index is 2.76. The molecule has 0 saturated heterocycles. The second-order valence-electron chi connectivity index (χ2n) is 4.61. The maximum atomic E-state index is 8.66. The van der Waals surface area contributed by atoms with Crippen LogP contribution in [0.4, 0.5) is 0 Å². The van der Waals surface area contributed by atoms with Crippen LogP contribution < -0.4 is 4.74 Å². The molecule has 80 valence electrons. The van der Waals surface area contributed by atoms with E-state index in [-0.39, 0.29) is 5.41 Å². The lowest BCUT2D eigenvalue weighted by Crippen LogP contribution is -2.16. The van der Waals surface area contributed by atoms with Gasteiger partial charge in [-0.2, -0.15) is 5.26 Å². The maximum Gasteiger partial charge on any atom is 0.137 e. The number of ether oxygens (including phenoxy) is 1.